The van der Waals surface area contributed by atoms with Crippen LogP contribution in [0.3, 0.4) is 0 Å². The predicted molar refractivity (Wildman–Crippen MR) is 164 cm³/mol. The number of nitrogens with zero attached hydrogens (tertiary/aromatic N) is 3. The van der Waals surface area contributed by atoms with Gasteiger partial charge in [0, 0.05) is 52.4 Å². The van der Waals surface area contributed by atoms with Gasteiger partial charge >= 0.3 is 0 Å². The SMILES string of the molecule is CC.CC.C[C@@H]1CCCN1C(C)(C)C.C[C@@H]1CSCN1C(C)(C)C.C[C@@H]1C[C@@H]2C[C@@H]2N1C(C)(C)C. The Hall–Kier alpha value is 0.230. The highest BCUT2D eigenvalue weighted by Crippen LogP contribution is 2.50. The van der Waals surface area contributed by atoms with Gasteiger partial charge in [0.15, 0.2) is 0 Å². The lowest BCUT2D eigenvalue weighted by atomic mass is 10.0. The van der Waals surface area contributed by atoms with Gasteiger partial charge in [0.25, 0.3) is 0 Å². The summed E-state index contributed by atoms with van der Waals surface area (Å²) in [5.74, 6) is 3.58. The van der Waals surface area contributed by atoms with Crippen LogP contribution >= 0.6 is 11.8 Å². The fraction of sp³-hybridized carbons (Fsp3) is 1.00. The van der Waals surface area contributed by atoms with E-state index < -0.39 is 0 Å². The number of fused-ring (bicyclic) bond motifs is 1. The van der Waals surface area contributed by atoms with E-state index in [4.69, 9.17) is 0 Å². The zero-order valence-electron chi connectivity index (χ0n) is 27.1. The molecule has 0 unspecified atom stereocenters. The summed E-state index contributed by atoms with van der Waals surface area (Å²) < 4.78 is 0. The van der Waals surface area contributed by atoms with Crippen LogP contribution in [0.15, 0.2) is 0 Å². The maximum Gasteiger partial charge on any atom is 0.0453 e. The first-order chi connectivity index (χ1) is 16.0. The molecule has 4 aliphatic rings. The summed E-state index contributed by atoms with van der Waals surface area (Å²) in [6.07, 6.45) is 5.69. The third kappa shape index (κ3) is 11.2. The topological polar surface area (TPSA) is 9.72 Å². The molecule has 0 amide bonds. The molecule has 3 nitrogen and oxygen atoms in total. The summed E-state index contributed by atoms with van der Waals surface area (Å²) in [7, 11) is 0. The van der Waals surface area contributed by atoms with Crippen molar-refractivity contribution < 1.29 is 0 Å². The van der Waals surface area contributed by atoms with E-state index in [-0.39, 0.29) is 0 Å². The van der Waals surface area contributed by atoms with Gasteiger partial charge in [-0.3, -0.25) is 14.7 Å². The molecule has 3 heterocycles. The van der Waals surface area contributed by atoms with Gasteiger partial charge in [-0.15, -0.1) is 11.8 Å². The van der Waals surface area contributed by atoms with Crippen molar-refractivity contribution in [2.24, 2.45) is 5.92 Å². The normalized spacial score (nSPS) is 31.0. The monoisotopic (exact) mass is 514 g/mol. The largest absolute Gasteiger partial charge is 0.296 e. The van der Waals surface area contributed by atoms with Crippen LogP contribution < -0.4 is 0 Å². The van der Waals surface area contributed by atoms with Crippen molar-refractivity contribution in [2.45, 2.75) is 177 Å². The van der Waals surface area contributed by atoms with E-state index in [9.17, 15) is 0 Å². The number of likely N-dealkylation sites (tertiary alicyclic amines) is 2. The summed E-state index contributed by atoms with van der Waals surface area (Å²) in [6.45, 7) is 37.1. The average Bonchev–Trinajstić information content (AvgIpc) is 3.09. The summed E-state index contributed by atoms with van der Waals surface area (Å²) in [5, 5.41) is 0. The molecule has 3 aliphatic heterocycles. The van der Waals surface area contributed by atoms with Crippen molar-refractivity contribution in [1.82, 2.24) is 14.7 Å². The molecular formula is C31H67N3S. The maximum atomic E-state index is 2.71. The quantitative estimate of drug-likeness (QED) is 0.320. The number of thioether (sulfide) groups is 1. The fourth-order valence-electron chi connectivity index (χ4n) is 6.19. The smallest absolute Gasteiger partial charge is 0.0453 e. The summed E-state index contributed by atoms with van der Waals surface area (Å²) >= 11 is 2.04. The molecule has 35 heavy (non-hydrogen) atoms. The first-order valence-corrected chi connectivity index (χ1v) is 16.1. The lowest BCUT2D eigenvalue weighted by Gasteiger charge is -2.37. The Morgan fingerprint density at radius 2 is 1.14 bits per heavy atom. The molecule has 5 atom stereocenters. The predicted octanol–water partition coefficient (Wildman–Crippen LogP) is 8.77. The molecule has 0 aromatic heterocycles. The van der Waals surface area contributed by atoms with Crippen LogP contribution in [0.5, 0.6) is 0 Å². The maximum absolute atomic E-state index is 2.71. The molecule has 0 N–H and O–H groups in total. The van der Waals surface area contributed by atoms with E-state index in [0.29, 0.717) is 16.6 Å². The van der Waals surface area contributed by atoms with E-state index in [2.05, 4.69) is 97.8 Å². The molecule has 0 bridgehead atoms. The summed E-state index contributed by atoms with van der Waals surface area (Å²) in [5.41, 5.74) is 1.15. The van der Waals surface area contributed by atoms with Gasteiger partial charge < -0.3 is 0 Å². The van der Waals surface area contributed by atoms with Crippen molar-refractivity contribution in [3.8, 4) is 0 Å². The van der Waals surface area contributed by atoms with Gasteiger partial charge in [-0.1, -0.05) is 27.7 Å². The standard InChI is InChI=1S/C10H19N.C9H19N.C8H17NS.2C2H6/c1-7-5-8-6-9(8)11(7)10(2,3)4;1-8-6-5-7-10(8)9(2,3)4;1-7-5-10-6-9(7)8(2,3)4;2*1-2/h7-9H,5-6H2,1-4H3;8H,5-7H2,1-4H3;7H,5-6H2,1-4H3;2*1-2H3/t7-,8-,9+;8-;7-;;/m111../s1. The first-order valence-electron chi connectivity index (χ1n) is 14.9. The molecule has 4 fully saturated rings. The second-order valence-corrected chi connectivity index (χ2v) is 14.6. The second kappa shape index (κ2) is 15.0. The van der Waals surface area contributed by atoms with Crippen LogP contribution in [0.1, 0.15) is 136 Å². The average molecular weight is 514 g/mol. The summed E-state index contributed by atoms with van der Waals surface area (Å²) in [4.78, 5) is 7.85. The van der Waals surface area contributed by atoms with Crippen molar-refractivity contribution in [3.05, 3.63) is 0 Å². The van der Waals surface area contributed by atoms with Crippen LogP contribution in [-0.2, 0) is 0 Å². The molecule has 0 spiro atoms. The fourth-order valence-corrected chi connectivity index (χ4v) is 7.65. The van der Waals surface area contributed by atoms with Gasteiger partial charge in [0.1, 0.15) is 0 Å². The third-order valence-electron chi connectivity index (χ3n) is 7.53. The Morgan fingerprint density at radius 3 is 1.34 bits per heavy atom. The minimum atomic E-state index is 0.364. The Labute approximate surface area is 227 Å². The highest BCUT2D eigenvalue weighted by Gasteiger charge is 2.53. The molecule has 4 rings (SSSR count). The van der Waals surface area contributed by atoms with Gasteiger partial charge in [-0.25, -0.2) is 0 Å². The molecule has 3 saturated heterocycles. The first kappa shape index (κ1) is 35.2. The molecule has 1 aliphatic carbocycles. The molecule has 4 heteroatoms. The Bertz CT molecular complexity index is 525. The lowest BCUT2D eigenvalue weighted by Crippen LogP contribution is -2.45. The number of hydrogen-bond acceptors (Lipinski definition) is 4. The third-order valence-corrected chi connectivity index (χ3v) is 8.71. The minimum absolute atomic E-state index is 0.364. The highest BCUT2D eigenvalue weighted by atomic mass is 32.2. The number of piperidine rings is 1. The van der Waals surface area contributed by atoms with Crippen LogP contribution in [0, 0.1) is 5.92 Å². The number of hydrogen-bond donors (Lipinski definition) is 0. The van der Waals surface area contributed by atoms with Crippen LogP contribution in [-0.4, -0.2) is 73.7 Å². The molecule has 0 radical (unpaired) electrons. The van der Waals surface area contributed by atoms with E-state index in [1.54, 1.807) is 0 Å². The van der Waals surface area contributed by atoms with Crippen molar-refractivity contribution in [1.29, 1.82) is 0 Å². The van der Waals surface area contributed by atoms with E-state index in [1.165, 1.54) is 43.9 Å². The molecule has 0 aromatic carbocycles. The van der Waals surface area contributed by atoms with E-state index in [0.717, 1.165) is 30.1 Å². The molecule has 1 saturated carbocycles. The Balaban J connectivity index is 0.000000463. The van der Waals surface area contributed by atoms with Crippen LogP contribution in [0.25, 0.3) is 0 Å². The zero-order valence-corrected chi connectivity index (χ0v) is 27.9. The van der Waals surface area contributed by atoms with Crippen molar-refractivity contribution in [2.75, 3.05) is 18.2 Å². The Kier molecular flexibility index (Phi) is 15.1. The van der Waals surface area contributed by atoms with Crippen molar-refractivity contribution in [3.63, 3.8) is 0 Å². The van der Waals surface area contributed by atoms with Crippen LogP contribution in [0.4, 0.5) is 0 Å². The van der Waals surface area contributed by atoms with Crippen LogP contribution in [0.2, 0.25) is 0 Å². The Morgan fingerprint density at radius 1 is 0.629 bits per heavy atom. The lowest BCUT2D eigenvalue weighted by molar-refractivity contribution is 0.105. The van der Waals surface area contributed by atoms with E-state index in [1.807, 2.05) is 39.5 Å². The molecular weight excluding hydrogens is 446 g/mol. The molecule has 0 aromatic rings. The van der Waals surface area contributed by atoms with Gasteiger partial charge in [0.2, 0.25) is 0 Å². The van der Waals surface area contributed by atoms with Gasteiger partial charge in [-0.2, -0.15) is 0 Å². The van der Waals surface area contributed by atoms with Crippen molar-refractivity contribution >= 4 is 11.8 Å². The van der Waals surface area contributed by atoms with Gasteiger partial charge in [-0.05, 0) is 121 Å². The zero-order chi connectivity index (χ0) is 27.8. The highest BCUT2D eigenvalue weighted by molar-refractivity contribution is 7.99. The second-order valence-electron chi connectivity index (χ2n) is 13.6. The number of rotatable bonds is 0. The molecule has 212 valence electrons. The minimum Gasteiger partial charge on any atom is -0.296 e. The summed E-state index contributed by atoms with van der Waals surface area (Å²) in [6, 6.07) is 3.36. The van der Waals surface area contributed by atoms with Gasteiger partial charge in [0.05, 0.1) is 0 Å². The van der Waals surface area contributed by atoms with E-state index >= 15 is 0 Å².